The monoisotopic (exact) mass is 400 g/mol. The second-order valence-corrected chi connectivity index (χ2v) is 12.4. The fourth-order valence-electron chi connectivity index (χ4n) is 8.85. The first-order chi connectivity index (χ1) is 13.8. The number of rotatable bonds is 6. The zero-order valence-corrected chi connectivity index (χ0v) is 20.3. The van der Waals surface area contributed by atoms with Crippen molar-refractivity contribution in [1.29, 1.82) is 0 Å². The molecular weight excluding hydrogens is 352 g/mol. The minimum atomic E-state index is 0.472. The number of allylic oxidation sites excluding steroid dienone is 1. The van der Waals surface area contributed by atoms with Crippen LogP contribution in [0.3, 0.4) is 0 Å². The molecule has 0 spiro atoms. The van der Waals surface area contributed by atoms with Gasteiger partial charge in [-0.05, 0) is 97.7 Å². The highest BCUT2D eigenvalue weighted by atomic mass is 16.5. The molecule has 0 heterocycles. The van der Waals surface area contributed by atoms with Crippen LogP contribution in [0, 0.1) is 46.3 Å². The molecule has 0 amide bonds. The predicted octanol–water partition coefficient (Wildman–Crippen LogP) is 8.04. The van der Waals surface area contributed by atoms with Crippen molar-refractivity contribution in [2.45, 2.75) is 111 Å². The number of hydrogen-bond acceptors (Lipinski definition) is 1. The van der Waals surface area contributed by atoms with Crippen molar-refractivity contribution in [3.8, 4) is 0 Å². The molecule has 0 aromatic heterocycles. The third kappa shape index (κ3) is 3.77. The van der Waals surface area contributed by atoms with Crippen LogP contribution in [-0.4, -0.2) is 13.2 Å². The van der Waals surface area contributed by atoms with E-state index < -0.39 is 0 Å². The molecule has 3 fully saturated rings. The maximum Gasteiger partial charge on any atom is 0.0608 e. The van der Waals surface area contributed by atoms with Gasteiger partial charge in [-0.2, -0.15) is 0 Å². The molecule has 8 atom stereocenters. The van der Waals surface area contributed by atoms with Gasteiger partial charge in [-0.3, -0.25) is 0 Å². The minimum absolute atomic E-state index is 0.472. The lowest BCUT2D eigenvalue weighted by atomic mass is 9.47. The van der Waals surface area contributed by atoms with Crippen molar-refractivity contribution in [2.24, 2.45) is 46.3 Å². The summed E-state index contributed by atoms with van der Waals surface area (Å²) in [6.07, 6.45) is 18.7. The van der Waals surface area contributed by atoms with Gasteiger partial charge in [0.05, 0.1) is 6.10 Å². The molecule has 4 rings (SSSR count). The summed E-state index contributed by atoms with van der Waals surface area (Å²) < 4.78 is 5.75. The minimum Gasteiger partial charge on any atom is -0.381 e. The average Bonchev–Trinajstić information content (AvgIpc) is 3.04. The Morgan fingerprint density at radius 1 is 1.00 bits per heavy atom. The molecular formula is C28H48O. The van der Waals surface area contributed by atoms with E-state index in [1.165, 1.54) is 70.6 Å². The van der Waals surface area contributed by atoms with E-state index in [0.717, 1.165) is 35.5 Å². The van der Waals surface area contributed by atoms with Gasteiger partial charge in [0, 0.05) is 7.11 Å². The van der Waals surface area contributed by atoms with Gasteiger partial charge in [0.2, 0.25) is 0 Å². The Balaban J connectivity index is 1.48. The first kappa shape index (κ1) is 21.9. The highest BCUT2D eigenvalue weighted by Crippen LogP contribution is 2.67. The van der Waals surface area contributed by atoms with E-state index in [0.29, 0.717) is 16.9 Å². The van der Waals surface area contributed by atoms with Crippen molar-refractivity contribution >= 4 is 0 Å². The lowest BCUT2D eigenvalue weighted by Gasteiger charge is -2.58. The molecule has 29 heavy (non-hydrogen) atoms. The van der Waals surface area contributed by atoms with Crippen LogP contribution < -0.4 is 0 Å². The first-order valence-corrected chi connectivity index (χ1v) is 13.0. The zero-order valence-electron chi connectivity index (χ0n) is 20.3. The van der Waals surface area contributed by atoms with Gasteiger partial charge in [-0.25, -0.2) is 0 Å². The van der Waals surface area contributed by atoms with Crippen molar-refractivity contribution < 1.29 is 4.74 Å². The molecule has 0 aromatic carbocycles. The largest absolute Gasteiger partial charge is 0.381 e. The third-order valence-corrected chi connectivity index (χ3v) is 10.6. The standard InChI is InChI=1S/C28H48O/c1-19(2)8-7-9-20(3)24-12-13-25-23-11-10-21-18-22(29-6)14-16-27(21,4)26(23)15-17-28(24,25)5/h10,19-20,22-26H,7-9,11-18H2,1-6H3/t20-,22+,23+,24?,25?,26?,27+,28-/m1/s1. The molecule has 0 saturated heterocycles. The van der Waals surface area contributed by atoms with Crippen molar-refractivity contribution in [2.75, 3.05) is 7.11 Å². The van der Waals surface area contributed by atoms with Crippen LogP contribution in [0.5, 0.6) is 0 Å². The maximum absolute atomic E-state index is 5.75. The van der Waals surface area contributed by atoms with E-state index in [2.05, 4.69) is 40.7 Å². The molecule has 166 valence electrons. The molecule has 0 radical (unpaired) electrons. The van der Waals surface area contributed by atoms with Crippen molar-refractivity contribution in [1.82, 2.24) is 0 Å². The van der Waals surface area contributed by atoms with E-state index in [1.807, 2.05) is 7.11 Å². The van der Waals surface area contributed by atoms with E-state index in [4.69, 9.17) is 4.74 Å². The number of methoxy groups -OCH3 is 1. The SMILES string of the molecule is CO[C@H]1CC[C@@]2(C)C(=CC[C@H]3C4CCC([C@H](C)CCCC(C)C)[C@@]4(C)CCC32)C1. The third-order valence-electron chi connectivity index (χ3n) is 10.6. The molecule has 3 unspecified atom stereocenters. The van der Waals surface area contributed by atoms with Gasteiger partial charge in [0.15, 0.2) is 0 Å². The number of ether oxygens (including phenoxy) is 1. The van der Waals surface area contributed by atoms with E-state index in [-0.39, 0.29) is 0 Å². The first-order valence-electron chi connectivity index (χ1n) is 13.0. The molecule has 1 heteroatoms. The molecule has 0 aromatic rings. The van der Waals surface area contributed by atoms with E-state index in [1.54, 1.807) is 5.57 Å². The molecule has 4 aliphatic rings. The topological polar surface area (TPSA) is 9.23 Å². The Labute approximate surface area is 181 Å². The average molecular weight is 401 g/mol. The van der Waals surface area contributed by atoms with Gasteiger partial charge in [0.25, 0.3) is 0 Å². The molecule has 0 aliphatic heterocycles. The van der Waals surface area contributed by atoms with Gasteiger partial charge in [0.1, 0.15) is 0 Å². The number of hydrogen-bond donors (Lipinski definition) is 0. The Bertz CT molecular complexity index is 605. The van der Waals surface area contributed by atoms with Crippen molar-refractivity contribution in [3.05, 3.63) is 11.6 Å². The summed E-state index contributed by atoms with van der Waals surface area (Å²) in [5.74, 6) is 5.63. The molecule has 3 saturated carbocycles. The fraction of sp³-hybridized carbons (Fsp3) is 0.929. The second-order valence-electron chi connectivity index (χ2n) is 12.4. The Morgan fingerprint density at radius 3 is 2.52 bits per heavy atom. The van der Waals surface area contributed by atoms with Crippen LogP contribution in [0.2, 0.25) is 0 Å². The summed E-state index contributed by atoms with van der Waals surface area (Å²) in [6, 6.07) is 0. The Hall–Kier alpha value is -0.300. The van der Waals surface area contributed by atoms with Gasteiger partial charge in [-0.1, -0.05) is 65.5 Å². The summed E-state index contributed by atoms with van der Waals surface area (Å²) in [6.45, 7) is 12.7. The van der Waals surface area contributed by atoms with Gasteiger partial charge in [-0.15, -0.1) is 0 Å². The summed E-state index contributed by atoms with van der Waals surface area (Å²) >= 11 is 0. The zero-order chi connectivity index (χ0) is 20.8. The van der Waals surface area contributed by atoms with Crippen LogP contribution in [-0.2, 0) is 4.74 Å². The predicted molar refractivity (Wildman–Crippen MR) is 124 cm³/mol. The Morgan fingerprint density at radius 2 is 1.79 bits per heavy atom. The highest BCUT2D eigenvalue weighted by molar-refractivity contribution is 5.25. The van der Waals surface area contributed by atoms with Crippen LogP contribution in [0.1, 0.15) is 105 Å². The number of fused-ring (bicyclic) bond motifs is 5. The van der Waals surface area contributed by atoms with Crippen LogP contribution in [0.15, 0.2) is 11.6 Å². The summed E-state index contributed by atoms with van der Waals surface area (Å²) in [7, 11) is 1.91. The van der Waals surface area contributed by atoms with Crippen LogP contribution >= 0.6 is 0 Å². The molecule has 4 aliphatic carbocycles. The van der Waals surface area contributed by atoms with E-state index in [9.17, 15) is 0 Å². The highest BCUT2D eigenvalue weighted by Gasteiger charge is 2.59. The smallest absolute Gasteiger partial charge is 0.0608 e. The molecule has 0 N–H and O–H groups in total. The fourth-order valence-corrected chi connectivity index (χ4v) is 8.85. The van der Waals surface area contributed by atoms with Crippen LogP contribution in [0.25, 0.3) is 0 Å². The summed E-state index contributed by atoms with van der Waals surface area (Å²) in [5, 5.41) is 0. The van der Waals surface area contributed by atoms with Gasteiger partial charge < -0.3 is 4.74 Å². The summed E-state index contributed by atoms with van der Waals surface area (Å²) in [5.41, 5.74) is 2.85. The summed E-state index contributed by atoms with van der Waals surface area (Å²) in [4.78, 5) is 0. The van der Waals surface area contributed by atoms with Crippen LogP contribution in [0.4, 0.5) is 0 Å². The molecule has 1 nitrogen and oxygen atoms in total. The normalized spacial score (nSPS) is 45.3. The maximum atomic E-state index is 5.75. The lowest BCUT2D eigenvalue weighted by Crippen LogP contribution is -2.50. The Kier molecular flexibility index (Phi) is 6.29. The van der Waals surface area contributed by atoms with Crippen molar-refractivity contribution in [3.63, 3.8) is 0 Å². The quantitative estimate of drug-likeness (QED) is 0.410. The lowest BCUT2D eigenvalue weighted by molar-refractivity contribution is -0.0601. The molecule has 0 bridgehead atoms. The van der Waals surface area contributed by atoms with Gasteiger partial charge >= 0.3 is 0 Å². The van der Waals surface area contributed by atoms with E-state index >= 15 is 0 Å². The second kappa shape index (κ2) is 8.33.